The minimum Gasteiger partial charge on any atom is -0.385 e. The number of aliphatic hydroxyl groups excluding tert-OH is 1. The van der Waals surface area contributed by atoms with Crippen LogP contribution in [0.15, 0.2) is 18.2 Å². The number of hydrogen-bond donors (Lipinski definition) is 2. The third-order valence-corrected chi connectivity index (χ3v) is 1.69. The molecule has 0 amide bonds. The molecule has 0 saturated heterocycles. The van der Waals surface area contributed by atoms with E-state index in [4.69, 9.17) is 11.6 Å². The van der Waals surface area contributed by atoms with Gasteiger partial charge in [0.2, 0.25) is 0 Å². The maximum atomic E-state index is 9.46. The van der Waals surface area contributed by atoms with Gasteiger partial charge in [0.05, 0.1) is 5.69 Å². The van der Waals surface area contributed by atoms with E-state index in [2.05, 4.69) is 10.3 Å². The lowest BCUT2D eigenvalue weighted by atomic mass is 10.2. The van der Waals surface area contributed by atoms with Gasteiger partial charge in [-0.15, -0.1) is 0 Å². The van der Waals surface area contributed by atoms with Crippen molar-refractivity contribution in [3.05, 3.63) is 29.0 Å². The molecule has 1 atom stereocenters. The number of halogens is 1. The molecule has 1 heterocycles. The van der Waals surface area contributed by atoms with Crippen molar-refractivity contribution in [1.29, 1.82) is 0 Å². The van der Waals surface area contributed by atoms with E-state index >= 15 is 0 Å². The topological polar surface area (TPSA) is 45.1 Å². The second-order valence-electron chi connectivity index (χ2n) is 2.46. The van der Waals surface area contributed by atoms with E-state index in [1.807, 2.05) is 0 Å². The van der Waals surface area contributed by atoms with E-state index in [0.29, 0.717) is 17.4 Å². The van der Waals surface area contributed by atoms with Crippen LogP contribution in [0.3, 0.4) is 0 Å². The first-order chi connectivity index (χ1) is 5.74. The van der Waals surface area contributed by atoms with Crippen molar-refractivity contribution in [1.82, 2.24) is 10.3 Å². The summed E-state index contributed by atoms with van der Waals surface area (Å²) in [4.78, 5) is 3.97. The van der Waals surface area contributed by atoms with Crippen LogP contribution >= 0.6 is 11.6 Å². The lowest BCUT2D eigenvalue weighted by Crippen LogP contribution is -2.17. The number of nitrogens with zero attached hydrogens (tertiary/aromatic N) is 1. The fourth-order valence-corrected chi connectivity index (χ4v) is 1.08. The van der Waals surface area contributed by atoms with Gasteiger partial charge in [-0.3, -0.25) is 0 Å². The lowest BCUT2D eigenvalue weighted by molar-refractivity contribution is 0.173. The summed E-state index contributed by atoms with van der Waals surface area (Å²) in [7, 11) is 1.77. The average Bonchev–Trinajstić information content (AvgIpc) is 2.05. The number of pyridine rings is 1. The van der Waals surface area contributed by atoms with Crippen molar-refractivity contribution in [2.75, 3.05) is 13.6 Å². The highest BCUT2D eigenvalue weighted by molar-refractivity contribution is 6.29. The van der Waals surface area contributed by atoms with E-state index in [0.717, 1.165) is 0 Å². The van der Waals surface area contributed by atoms with Crippen LogP contribution in [0.2, 0.25) is 5.15 Å². The van der Waals surface area contributed by atoms with E-state index in [1.54, 1.807) is 25.2 Å². The second-order valence-corrected chi connectivity index (χ2v) is 2.85. The molecule has 2 N–H and O–H groups in total. The normalized spacial score (nSPS) is 12.9. The minimum atomic E-state index is -0.589. The average molecular weight is 187 g/mol. The van der Waals surface area contributed by atoms with Crippen molar-refractivity contribution in [3.8, 4) is 0 Å². The Kier molecular flexibility index (Phi) is 3.47. The molecule has 66 valence electrons. The van der Waals surface area contributed by atoms with Crippen molar-refractivity contribution in [2.45, 2.75) is 6.10 Å². The molecule has 3 nitrogen and oxygen atoms in total. The maximum absolute atomic E-state index is 9.46. The predicted octanol–water partition coefficient (Wildman–Crippen LogP) is 0.988. The first-order valence-electron chi connectivity index (χ1n) is 3.69. The van der Waals surface area contributed by atoms with Gasteiger partial charge in [0, 0.05) is 6.54 Å². The molecule has 1 unspecified atom stereocenters. The van der Waals surface area contributed by atoms with Gasteiger partial charge in [0.1, 0.15) is 11.3 Å². The minimum absolute atomic E-state index is 0.405. The second kappa shape index (κ2) is 4.40. The third-order valence-electron chi connectivity index (χ3n) is 1.48. The standard InChI is InChI=1S/C8H11ClN2O/c1-10-5-7(12)6-3-2-4-8(9)11-6/h2-4,7,10,12H,5H2,1H3. The lowest BCUT2D eigenvalue weighted by Gasteiger charge is -2.08. The van der Waals surface area contributed by atoms with E-state index < -0.39 is 6.10 Å². The van der Waals surface area contributed by atoms with Gasteiger partial charge < -0.3 is 10.4 Å². The molecule has 0 saturated carbocycles. The molecule has 0 spiro atoms. The Bertz CT molecular complexity index is 255. The van der Waals surface area contributed by atoms with Gasteiger partial charge in [0.25, 0.3) is 0 Å². The smallest absolute Gasteiger partial charge is 0.129 e. The number of nitrogens with one attached hydrogen (secondary N) is 1. The van der Waals surface area contributed by atoms with Gasteiger partial charge in [0.15, 0.2) is 0 Å². The summed E-state index contributed by atoms with van der Waals surface area (Å²) in [6, 6.07) is 5.19. The molecule has 0 aliphatic rings. The van der Waals surface area contributed by atoms with Crippen LogP contribution in [0.25, 0.3) is 0 Å². The predicted molar refractivity (Wildman–Crippen MR) is 48.1 cm³/mol. The molecule has 0 bridgehead atoms. The number of rotatable bonds is 3. The fourth-order valence-electron chi connectivity index (χ4n) is 0.907. The Morgan fingerprint density at radius 2 is 2.42 bits per heavy atom. The van der Waals surface area contributed by atoms with Crippen LogP contribution in [0.1, 0.15) is 11.8 Å². The van der Waals surface area contributed by atoms with Gasteiger partial charge in [-0.2, -0.15) is 0 Å². The number of hydrogen-bond acceptors (Lipinski definition) is 3. The summed E-state index contributed by atoms with van der Waals surface area (Å²) in [5, 5.41) is 12.7. The van der Waals surface area contributed by atoms with Crippen LogP contribution in [-0.2, 0) is 0 Å². The van der Waals surface area contributed by atoms with E-state index in [9.17, 15) is 5.11 Å². The molecular weight excluding hydrogens is 176 g/mol. The summed E-state index contributed by atoms with van der Waals surface area (Å²) in [5.74, 6) is 0. The molecule has 4 heteroatoms. The first kappa shape index (κ1) is 9.45. The molecule has 1 rings (SSSR count). The Labute approximate surface area is 76.4 Å². The van der Waals surface area contributed by atoms with Gasteiger partial charge in [-0.25, -0.2) is 4.98 Å². The zero-order valence-corrected chi connectivity index (χ0v) is 7.54. The molecule has 0 aliphatic carbocycles. The molecule has 0 aliphatic heterocycles. The summed E-state index contributed by atoms with van der Waals surface area (Å²) < 4.78 is 0. The number of aliphatic hydroxyl groups is 1. The SMILES string of the molecule is CNCC(O)c1cccc(Cl)n1. The highest BCUT2D eigenvalue weighted by atomic mass is 35.5. The van der Waals surface area contributed by atoms with Crippen molar-refractivity contribution < 1.29 is 5.11 Å². The maximum Gasteiger partial charge on any atom is 0.129 e. The molecule has 1 aromatic heterocycles. The monoisotopic (exact) mass is 186 g/mol. The molecule has 12 heavy (non-hydrogen) atoms. The van der Waals surface area contributed by atoms with Crippen molar-refractivity contribution in [3.63, 3.8) is 0 Å². The van der Waals surface area contributed by atoms with Crippen molar-refractivity contribution >= 4 is 11.6 Å². The van der Waals surface area contributed by atoms with E-state index in [-0.39, 0.29) is 0 Å². The Morgan fingerprint density at radius 1 is 1.67 bits per heavy atom. The van der Waals surface area contributed by atoms with Crippen LogP contribution in [0, 0.1) is 0 Å². The molecular formula is C8H11ClN2O. The third kappa shape index (κ3) is 2.44. The highest BCUT2D eigenvalue weighted by Gasteiger charge is 2.06. The largest absolute Gasteiger partial charge is 0.385 e. The number of likely N-dealkylation sites (N-methyl/N-ethyl adjacent to an activating group) is 1. The fraction of sp³-hybridized carbons (Fsp3) is 0.375. The highest BCUT2D eigenvalue weighted by Crippen LogP contribution is 2.11. The zero-order valence-electron chi connectivity index (χ0n) is 6.79. The zero-order chi connectivity index (χ0) is 8.97. The van der Waals surface area contributed by atoms with Crippen molar-refractivity contribution in [2.24, 2.45) is 0 Å². The molecule has 0 fully saturated rings. The van der Waals surface area contributed by atoms with Gasteiger partial charge >= 0.3 is 0 Å². The quantitative estimate of drug-likeness (QED) is 0.692. The Hall–Kier alpha value is -0.640. The first-order valence-corrected chi connectivity index (χ1v) is 4.07. The van der Waals surface area contributed by atoms with Crippen LogP contribution < -0.4 is 5.32 Å². The summed E-state index contributed by atoms with van der Waals surface area (Å²) in [5.41, 5.74) is 0.594. The molecule has 0 aromatic carbocycles. The van der Waals surface area contributed by atoms with E-state index in [1.165, 1.54) is 0 Å². The Morgan fingerprint density at radius 3 is 3.00 bits per heavy atom. The van der Waals surface area contributed by atoms with Gasteiger partial charge in [-0.1, -0.05) is 17.7 Å². The molecule has 0 radical (unpaired) electrons. The Balaban J connectivity index is 2.73. The number of aromatic nitrogens is 1. The van der Waals surface area contributed by atoms with Crippen LogP contribution in [0.5, 0.6) is 0 Å². The van der Waals surface area contributed by atoms with Crippen LogP contribution in [0.4, 0.5) is 0 Å². The summed E-state index contributed by atoms with van der Waals surface area (Å²) >= 11 is 5.65. The van der Waals surface area contributed by atoms with Gasteiger partial charge in [-0.05, 0) is 19.2 Å². The summed E-state index contributed by atoms with van der Waals surface area (Å²) in [6.45, 7) is 0.480. The summed E-state index contributed by atoms with van der Waals surface area (Å²) in [6.07, 6.45) is -0.589. The van der Waals surface area contributed by atoms with Crippen LogP contribution in [-0.4, -0.2) is 23.7 Å². The molecule has 1 aromatic rings.